The fraction of sp³-hybridized carbons (Fsp3) is 0.107. The SMILES string of the molecule is O=CCCc1cccc(Sc2ccc(C(c3ccccc3)c3ccccc3)cc2)c1. The molecule has 148 valence electrons. The van der Waals surface area contributed by atoms with Gasteiger partial charge in [-0.15, -0.1) is 0 Å². The second-order valence-electron chi connectivity index (χ2n) is 7.28. The van der Waals surface area contributed by atoms with E-state index in [1.165, 1.54) is 32.0 Å². The van der Waals surface area contributed by atoms with Crippen LogP contribution in [0.15, 0.2) is 119 Å². The Morgan fingerprint density at radius 2 is 1.23 bits per heavy atom. The minimum Gasteiger partial charge on any atom is -0.303 e. The summed E-state index contributed by atoms with van der Waals surface area (Å²) in [5, 5.41) is 0. The van der Waals surface area contributed by atoms with Gasteiger partial charge >= 0.3 is 0 Å². The predicted molar refractivity (Wildman–Crippen MR) is 125 cm³/mol. The smallest absolute Gasteiger partial charge is 0.120 e. The highest BCUT2D eigenvalue weighted by atomic mass is 32.2. The summed E-state index contributed by atoms with van der Waals surface area (Å²) in [6, 6.07) is 38.7. The Labute approximate surface area is 182 Å². The van der Waals surface area contributed by atoms with Crippen LogP contribution in [-0.2, 0) is 11.2 Å². The monoisotopic (exact) mass is 408 g/mol. The first-order valence-corrected chi connectivity index (χ1v) is 11.1. The van der Waals surface area contributed by atoms with Gasteiger partial charge in [-0.05, 0) is 52.9 Å². The number of hydrogen-bond donors (Lipinski definition) is 0. The topological polar surface area (TPSA) is 17.1 Å². The van der Waals surface area contributed by atoms with Gasteiger partial charge in [0.2, 0.25) is 0 Å². The highest BCUT2D eigenvalue weighted by Crippen LogP contribution is 2.34. The molecule has 0 spiro atoms. The van der Waals surface area contributed by atoms with Crippen molar-refractivity contribution in [2.75, 3.05) is 0 Å². The Bertz CT molecular complexity index is 1030. The normalized spacial score (nSPS) is 10.8. The molecule has 0 radical (unpaired) electrons. The van der Waals surface area contributed by atoms with Crippen molar-refractivity contribution < 1.29 is 4.79 Å². The predicted octanol–water partition coefficient (Wildman–Crippen LogP) is 7.15. The van der Waals surface area contributed by atoms with Crippen LogP contribution in [0.4, 0.5) is 0 Å². The molecule has 0 amide bonds. The molecule has 2 heteroatoms. The summed E-state index contributed by atoms with van der Waals surface area (Å²) in [7, 11) is 0. The average molecular weight is 409 g/mol. The van der Waals surface area contributed by atoms with Gasteiger partial charge in [-0.2, -0.15) is 0 Å². The summed E-state index contributed by atoms with van der Waals surface area (Å²) in [4.78, 5) is 13.1. The molecule has 0 saturated heterocycles. The Hall–Kier alpha value is -3.10. The highest BCUT2D eigenvalue weighted by Gasteiger charge is 2.16. The molecular formula is C28H24OS. The van der Waals surface area contributed by atoms with E-state index in [-0.39, 0.29) is 5.92 Å². The molecular weight excluding hydrogens is 384 g/mol. The number of aryl methyl sites for hydroxylation is 1. The van der Waals surface area contributed by atoms with Crippen LogP contribution in [0.5, 0.6) is 0 Å². The van der Waals surface area contributed by atoms with Gasteiger partial charge in [-0.3, -0.25) is 0 Å². The second kappa shape index (κ2) is 10.1. The van der Waals surface area contributed by atoms with Crippen molar-refractivity contribution in [2.24, 2.45) is 0 Å². The van der Waals surface area contributed by atoms with E-state index in [1.54, 1.807) is 11.8 Å². The molecule has 0 bridgehead atoms. The third-order valence-electron chi connectivity index (χ3n) is 5.16. The maximum absolute atomic E-state index is 10.6. The van der Waals surface area contributed by atoms with Crippen LogP contribution in [-0.4, -0.2) is 6.29 Å². The number of rotatable bonds is 8. The largest absolute Gasteiger partial charge is 0.303 e. The molecule has 0 heterocycles. The first kappa shape index (κ1) is 20.2. The molecule has 0 aromatic heterocycles. The maximum Gasteiger partial charge on any atom is 0.120 e. The molecule has 0 N–H and O–H groups in total. The summed E-state index contributed by atoms with van der Waals surface area (Å²) in [6.45, 7) is 0. The van der Waals surface area contributed by atoms with Gasteiger partial charge in [0.1, 0.15) is 6.29 Å². The van der Waals surface area contributed by atoms with Crippen molar-refractivity contribution in [1.29, 1.82) is 0 Å². The molecule has 0 aliphatic heterocycles. The summed E-state index contributed by atoms with van der Waals surface area (Å²) in [5.41, 5.74) is 5.09. The molecule has 0 unspecified atom stereocenters. The molecule has 4 aromatic carbocycles. The van der Waals surface area contributed by atoms with Gasteiger partial charge in [0, 0.05) is 22.1 Å². The van der Waals surface area contributed by atoms with E-state index in [2.05, 4.69) is 109 Å². The Kier molecular flexibility index (Phi) is 6.79. The number of aldehydes is 1. The van der Waals surface area contributed by atoms with Crippen LogP contribution in [0.2, 0.25) is 0 Å². The van der Waals surface area contributed by atoms with E-state index in [1.807, 2.05) is 0 Å². The van der Waals surface area contributed by atoms with E-state index >= 15 is 0 Å². The Balaban J connectivity index is 1.58. The molecule has 1 nitrogen and oxygen atoms in total. The third-order valence-corrected chi connectivity index (χ3v) is 6.16. The lowest BCUT2D eigenvalue weighted by atomic mass is 9.85. The van der Waals surface area contributed by atoms with Crippen molar-refractivity contribution in [3.8, 4) is 0 Å². The first-order valence-electron chi connectivity index (χ1n) is 10.2. The Morgan fingerprint density at radius 1 is 0.633 bits per heavy atom. The number of carbonyl (C=O) groups is 1. The number of benzene rings is 4. The standard InChI is InChI=1S/C28H24OS/c29-20-8-10-22-9-7-15-27(21-22)30-26-18-16-25(17-19-26)28(23-11-3-1-4-12-23)24-13-5-2-6-14-24/h1-7,9,11-21,28H,8,10H2. The zero-order valence-corrected chi connectivity index (χ0v) is 17.6. The zero-order chi connectivity index (χ0) is 20.6. The zero-order valence-electron chi connectivity index (χ0n) is 16.8. The van der Waals surface area contributed by atoms with Crippen molar-refractivity contribution in [1.82, 2.24) is 0 Å². The van der Waals surface area contributed by atoms with Crippen LogP contribution in [0.1, 0.15) is 34.6 Å². The van der Waals surface area contributed by atoms with Gasteiger partial charge < -0.3 is 4.79 Å². The van der Waals surface area contributed by atoms with Crippen molar-refractivity contribution >= 4 is 18.0 Å². The van der Waals surface area contributed by atoms with Crippen LogP contribution in [0, 0.1) is 0 Å². The summed E-state index contributed by atoms with van der Waals surface area (Å²) in [5.74, 6) is 0.220. The molecule has 0 fully saturated rings. The minimum absolute atomic E-state index is 0.220. The van der Waals surface area contributed by atoms with Gasteiger partial charge in [-0.1, -0.05) is 96.7 Å². The van der Waals surface area contributed by atoms with Gasteiger partial charge in [0.15, 0.2) is 0 Å². The van der Waals surface area contributed by atoms with Gasteiger partial charge in [0.25, 0.3) is 0 Å². The van der Waals surface area contributed by atoms with Gasteiger partial charge in [-0.25, -0.2) is 0 Å². The fourth-order valence-corrected chi connectivity index (χ4v) is 4.62. The van der Waals surface area contributed by atoms with Crippen LogP contribution in [0.25, 0.3) is 0 Å². The van der Waals surface area contributed by atoms with E-state index in [4.69, 9.17) is 0 Å². The molecule has 4 aromatic rings. The van der Waals surface area contributed by atoms with Crippen molar-refractivity contribution in [3.05, 3.63) is 131 Å². The van der Waals surface area contributed by atoms with Crippen LogP contribution >= 0.6 is 11.8 Å². The lowest BCUT2D eigenvalue weighted by molar-refractivity contribution is -0.107. The lowest BCUT2D eigenvalue weighted by Gasteiger charge is -2.19. The van der Waals surface area contributed by atoms with Crippen LogP contribution < -0.4 is 0 Å². The average Bonchev–Trinajstić information content (AvgIpc) is 2.81. The molecule has 0 atom stereocenters. The maximum atomic E-state index is 10.6. The second-order valence-corrected chi connectivity index (χ2v) is 8.43. The minimum atomic E-state index is 0.220. The Morgan fingerprint density at radius 3 is 1.83 bits per heavy atom. The molecule has 30 heavy (non-hydrogen) atoms. The quantitative estimate of drug-likeness (QED) is 0.227. The number of hydrogen-bond acceptors (Lipinski definition) is 2. The van der Waals surface area contributed by atoms with Crippen molar-refractivity contribution in [3.63, 3.8) is 0 Å². The summed E-state index contributed by atoms with van der Waals surface area (Å²) < 4.78 is 0. The van der Waals surface area contributed by atoms with Crippen molar-refractivity contribution in [2.45, 2.75) is 28.6 Å². The van der Waals surface area contributed by atoms with Gasteiger partial charge in [0.05, 0.1) is 0 Å². The highest BCUT2D eigenvalue weighted by molar-refractivity contribution is 7.99. The first-order chi connectivity index (χ1) is 14.8. The van der Waals surface area contributed by atoms with E-state index in [0.29, 0.717) is 6.42 Å². The molecule has 4 rings (SSSR count). The lowest BCUT2D eigenvalue weighted by Crippen LogP contribution is -2.03. The number of carbonyl (C=O) groups excluding carboxylic acids is 1. The van der Waals surface area contributed by atoms with E-state index < -0.39 is 0 Å². The van der Waals surface area contributed by atoms with E-state index in [9.17, 15) is 4.79 Å². The summed E-state index contributed by atoms with van der Waals surface area (Å²) in [6.07, 6.45) is 2.35. The third kappa shape index (κ3) is 5.08. The fourth-order valence-electron chi connectivity index (χ4n) is 3.72. The van der Waals surface area contributed by atoms with E-state index in [0.717, 1.165) is 12.7 Å². The van der Waals surface area contributed by atoms with Crippen LogP contribution in [0.3, 0.4) is 0 Å². The molecule has 0 aliphatic rings. The summed E-state index contributed by atoms with van der Waals surface area (Å²) >= 11 is 1.76. The molecule has 0 saturated carbocycles. The molecule has 0 aliphatic carbocycles.